The van der Waals surface area contributed by atoms with Gasteiger partial charge in [0.1, 0.15) is 0 Å². The second kappa shape index (κ2) is 11.8. The summed E-state index contributed by atoms with van der Waals surface area (Å²) in [6, 6.07) is 19.0. The first kappa shape index (κ1) is 24.0. The molecule has 2 heterocycles. The summed E-state index contributed by atoms with van der Waals surface area (Å²) in [4.78, 5) is 21.4. The number of nitrogens with zero attached hydrogens (tertiary/aromatic N) is 2. The fourth-order valence-electron chi connectivity index (χ4n) is 3.19. The van der Waals surface area contributed by atoms with Crippen molar-refractivity contribution in [2.45, 2.75) is 20.3 Å². The molecule has 0 atom stereocenters. The zero-order valence-corrected chi connectivity index (χ0v) is 19.6. The topological polar surface area (TPSA) is 63.6 Å². The number of carbonyl (C=O) groups is 1. The Labute approximate surface area is 199 Å². The summed E-state index contributed by atoms with van der Waals surface area (Å²) in [5.41, 5.74) is 4.74. The van der Waals surface area contributed by atoms with Crippen LogP contribution in [0.25, 0.3) is 22.4 Å². The normalized spacial score (nSPS) is 12.5. The molecule has 33 heavy (non-hydrogen) atoms. The van der Waals surface area contributed by atoms with Crippen molar-refractivity contribution in [2.75, 3.05) is 7.11 Å². The highest BCUT2D eigenvalue weighted by Crippen LogP contribution is 2.30. The van der Waals surface area contributed by atoms with Crippen LogP contribution in [-0.2, 0) is 4.74 Å². The number of halogens is 1. The van der Waals surface area contributed by atoms with E-state index < -0.39 is 0 Å². The van der Waals surface area contributed by atoms with Gasteiger partial charge in [-0.15, -0.1) is 0 Å². The molecule has 0 fully saturated rings. The van der Waals surface area contributed by atoms with Crippen molar-refractivity contribution >= 4 is 23.7 Å². The summed E-state index contributed by atoms with van der Waals surface area (Å²) in [6.45, 7) is 4.00. The largest absolute Gasteiger partial charge is 0.481 e. The molecule has 168 valence electrons. The predicted octanol–water partition coefficient (Wildman–Crippen LogP) is 6.67. The molecule has 0 saturated carbocycles. The number of allylic oxidation sites excluding steroid dienone is 3. The number of benzene rings is 2. The molecular formula is C27H26ClN3O2. The van der Waals surface area contributed by atoms with Crippen molar-refractivity contribution < 1.29 is 9.53 Å². The molecule has 0 unspecified atom stereocenters. The Balaban J connectivity index is 0.00000149. The highest BCUT2D eigenvalue weighted by molar-refractivity contribution is 6.33. The van der Waals surface area contributed by atoms with Crippen molar-refractivity contribution in [3.63, 3.8) is 0 Å². The zero-order chi connectivity index (χ0) is 23.6. The molecule has 0 saturated heterocycles. The minimum Gasteiger partial charge on any atom is -0.481 e. The lowest BCUT2D eigenvalue weighted by Gasteiger charge is -2.10. The average molecular weight is 460 g/mol. The van der Waals surface area contributed by atoms with E-state index >= 15 is 0 Å². The van der Waals surface area contributed by atoms with E-state index in [1.807, 2.05) is 68.5 Å². The summed E-state index contributed by atoms with van der Waals surface area (Å²) in [5, 5.41) is 3.46. The summed E-state index contributed by atoms with van der Waals surface area (Å²) in [7, 11) is 1.56. The number of pyridine rings is 1. The standard InChI is InChI=1S/C25H20ClN3O2.C2H6/c1-31-24-7-4-5-20(16-28-24)29-25(30)19-12-13-22(26)21(15-19)17-8-10-18(11-9-17)23-6-2-3-14-27-23;1-2/h2-3,5-16H,4H2,1H3,(H,29,30);1-2H3. The third-order valence-electron chi connectivity index (χ3n) is 4.81. The number of methoxy groups -OCH3 is 1. The van der Waals surface area contributed by atoms with E-state index in [2.05, 4.69) is 15.3 Å². The second-order valence-corrected chi connectivity index (χ2v) is 7.25. The summed E-state index contributed by atoms with van der Waals surface area (Å²) >= 11 is 6.44. The number of amides is 1. The van der Waals surface area contributed by atoms with Gasteiger partial charge in [-0.05, 0) is 48.4 Å². The van der Waals surface area contributed by atoms with Crippen molar-refractivity contribution in [1.29, 1.82) is 0 Å². The van der Waals surface area contributed by atoms with Gasteiger partial charge in [-0.1, -0.05) is 61.9 Å². The first-order valence-electron chi connectivity index (χ1n) is 10.7. The van der Waals surface area contributed by atoms with Crippen LogP contribution in [0, 0.1) is 0 Å². The quantitative estimate of drug-likeness (QED) is 0.463. The molecule has 3 aromatic rings. The monoisotopic (exact) mass is 459 g/mol. The maximum atomic E-state index is 12.8. The van der Waals surface area contributed by atoms with Gasteiger partial charge in [0, 0.05) is 27.9 Å². The van der Waals surface area contributed by atoms with Gasteiger partial charge in [-0.25, -0.2) is 4.99 Å². The number of aliphatic imine (C=N–C) groups is 1. The molecule has 1 aromatic heterocycles. The van der Waals surface area contributed by atoms with E-state index in [1.165, 1.54) is 0 Å². The molecule has 4 rings (SSSR count). The Bertz CT molecular complexity index is 1180. The number of nitrogens with one attached hydrogen (secondary N) is 1. The number of rotatable bonds is 5. The van der Waals surface area contributed by atoms with Crippen molar-refractivity contribution in [2.24, 2.45) is 4.99 Å². The molecule has 6 heteroatoms. The minimum absolute atomic E-state index is 0.235. The van der Waals surface area contributed by atoms with E-state index in [9.17, 15) is 4.79 Å². The van der Waals surface area contributed by atoms with Crippen LogP contribution >= 0.6 is 11.6 Å². The van der Waals surface area contributed by atoms with Crippen LogP contribution in [0.15, 0.2) is 95.6 Å². The molecule has 1 aliphatic heterocycles. The Morgan fingerprint density at radius 1 is 1.00 bits per heavy atom. The number of hydrogen-bond acceptors (Lipinski definition) is 4. The lowest BCUT2D eigenvalue weighted by molar-refractivity contribution is 0.0968. The van der Waals surface area contributed by atoms with Gasteiger partial charge in [-0.2, -0.15) is 0 Å². The maximum absolute atomic E-state index is 12.8. The van der Waals surface area contributed by atoms with Gasteiger partial charge in [0.25, 0.3) is 5.91 Å². The lowest BCUT2D eigenvalue weighted by atomic mass is 10.0. The van der Waals surface area contributed by atoms with E-state index in [0.29, 0.717) is 28.6 Å². The molecule has 2 aromatic carbocycles. The average Bonchev–Trinajstić information content (AvgIpc) is 3.11. The first-order chi connectivity index (χ1) is 16.1. The van der Waals surface area contributed by atoms with Gasteiger partial charge in [0.15, 0.2) is 0 Å². The second-order valence-electron chi connectivity index (χ2n) is 6.84. The first-order valence-corrected chi connectivity index (χ1v) is 11.1. The van der Waals surface area contributed by atoms with Crippen LogP contribution < -0.4 is 5.32 Å². The molecule has 0 radical (unpaired) electrons. The molecular weight excluding hydrogens is 434 g/mol. The molecule has 0 spiro atoms. The highest BCUT2D eigenvalue weighted by atomic mass is 35.5. The Hall–Kier alpha value is -3.70. The van der Waals surface area contributed by atoms with Crippen molar-refractivity contribution in [3.8, 4) is 22.4 Å². The number of aromatic nitrogens is 1. The maximum Gasteiger partial charge on any atom is 0.255 e. The van der Waals surface area contributed by atoms with Crippen LogP contribution in [0.2, 0.25) is 5.02 Å². The van der Waals surface area contributed by atoms with Crippen molar-refractivity contribution in [1.82, 2.24) is 10.3 Å². The predicted molar refractivity (Wildman–Crippen MR) is 135 cm³/mol. The Morgan fingerprint density at radius 3 is 2.45 bits per heavy atom. The van der Waals surface area contributed by atoms with Gasteiger partial charge in [0.2, 0.25) is 5.88 Å². The molecule has 0 bridgehead atoms. The Kier molecular flexibility index (Phi) is 8.56. The van der Waals surface area contributed by atoms with Crippen LogP contribution in [0.4, 0.5) is 0 Å². The zero-order valence-electron chi connectivity index (χ0n) is 18.9. The summed E-state index contributed by atoms with van der Waals surface area (Å²) < 4.78 is 5.12. The van der Waals surface area contributed by atoms with E-state index in [-0.39, 0.29) is 5.91 Å². The van der Waals surface area contributed by atoms with Gasteiger partial charge in [0.05, 0.1) is 24.7 Å². The fraction of sp³-hybridized carbons (Fsp3) is 0.148. The van der Waals surface area contributed by atoms with Crippen molar-refractivity contribution in [3.05, 3.63) is 101 Å². The number of carbonyl (C=O) groups excluding carboxylic acids is 1. The SMILES string of the molecule is CC.COC1=CCC=C(NC(=O)c2ccc(Cl)c(-c3ccc(-c4ccccn4)cc3)c2)C=N1. The van der Waals surface area contributed by atoms with E-state index in [1.54, 1.807) is 37.7 Å². The molecule has 5 nitrogen and oxygen atoms in total. The fourth-order valence-corrected chi connectivity index (χ4v) is 3.42. The number of ether oxygens (including phenoxy) is 1. The van der Waals surface area contributed by atoms with E-state index in [4.69, 9.17) is 16.3 Å². The third-order valence-corrected chi connectivity index (χ3v) is 5.14. The molecule has 1 amide bonds. The summed E-state index contributed by atoms with van der Waals surface area (Å²) in [6.07, 6.45) is 7.68. The van der Waals surface area contributed by atoms with E-state index in [0.717, 1.165) is 22.4 Å². The highest BCUT2D eigenvalue weighted by Gasteiger charge is 2.12. The van der Waals surface area contributed by atoms with Crippen LogP contribution in [0.5, 0.6) is 0 Å². The third kappa shape index (κ3) is 6.18. The molecule has 0 aliphatic carbocycles. The lowest BCUT2D eigenvalue weighted by Crippen LogP contribution is -2.23. The molecule has 1 N–H and O–H groups in total. The summed E-state index contributed by atoms with van der Waals surface area (Å²) in [5.74, 6) is 0.282. The molecule has 1 aliphatic rings. The van der Waals surface area contributed by atoms with Gasteiger partial charge >= 0.3 is 0 Å². The number of hydrogen-bond donors (Lipinski definition) is 1. The van der Waals surface area contributed by atoms with Crippen LogP contribution in [-0.4, -0.2) is 24.2 Å². The Morgan fingerprint density at radius 2 is 1.76 bits per heavy atom. The smallest absolute Gasteiger partial charge is 0.255 e. The van der Waals surface area contributed by atoms with Gasteiger partial charge < -0.3 is 10.1 Å². The van der Waals surface area contributed by atoms with Gasteiger partial charge in [-0.3, -0.25) is 9.78 Å². The minimum atomic E-state index is -0.235. The van der Waals surface area contributed by atoms with Crippen LogP contribution in [0.1, 0.15) is 30.6 Å². The van der Waals surface area contributed by atoms with Crippen LogP contribution in [0.3, 0.4) is 0 Å².